The van der Waals surface area contributed by atoms with Crippen LogP contribution in [0.15, 0.2) is 60.4 Å². The number of imide groups is 1. The van der Waals surface area contributed by atoms with Crippen LogP contribution in [0.25, 0.3) is 5.57 Å². The highest BCUT2D eigenvalue weighted by Gasteiger charge is 2.42. The highest BCUT2D eigenvalue weighted by atomic mass is 16.2. The first-order valence-electron chi connectivity index (χ1n) is 10.0. The minimum absolute atomic E-state index is 0.180. The van der Waals surface area contributed by atoms with Gasteiger partial charge in [-0.15, -0.1) is 0 Å². The molecule has 0 saturated carbocycles. The van der Waals surface area contributed by atoms with Crippen molar-refractivity contribution >= 4 is 17.4 Å². The van der Waals surface area contributed by atoms with Crippen molar-refractivity contribution < 1.29 is 9.59 Å². The Morgan fingerprint density at radius 1 is 1.00 bits per heavy atom. The second kappa shape index (κ2) is 8.17. The Bertz CT molecular complexity index is 918. The summed E-state index contributed by atoms with van der Waals surface area (Å²) in [6.45, 7) is 2.16. The molecule has 0 bridgehead atoms. The Balaban J connectivity index is 1.70. The Morgan fingerprint density at radius 2 is 1.69 bits per heavy atom. The number of benzene rings is 1. The maximum atomic E-state index is 13.4. The summed E-state index contributed by atoms with van der Waals surface area (Å²) in [5, 5.41) is 0. The molecule has 2 aromatic rings. The van der Waals surface area contributed by atoms with Gasteiger partial charge in [0.1, 0.15) is 5.70 Å². The van der Waals surface area contributed by atoms with Crippen LogP contribution in [0.4, 0.5) is 0 Å². The standard InChI is InChI=1S/C23H26N4O2/c1-25-14-11-19(12-15-25)26(2)21-20(17-8-4-3-5-9-17)22(28)27(23(21)29)16-18-10-6-7-13-24-18/h3-10,13,19H,11-12,14-16H2,1-2H3. The van der Waals surface area contributed by atoms with Crippen molar-refractivity contribution in [3.63, 3.8) is 0 Å². The molecule has 1 aromatic carbocycles. The van der Waals surface area contributed by atoms with E-state index in [1.54, 1.807) is 6.20 Å². The second-order valence-electron chi connectivity index (χ2n) is 7.75. The lowest BCUT2D eigenvalue weighted by atomic mass is 10.0. The van der Waals surface area contributed by atoms with Gasteiger partial charge in [-0.05, 0) is 50.7 Å². The van der Waals surface area contributed by atoms with Gasteiger partial charge >= 0.3 is 0 Å². The predicted octanol–water partition coefficient (Wildman–Crippen LogP) is 2.39. The van der Waals surface area contributed by atoms with E-state index in [9.17, 15) is 9.59 Å². The maximum Gasteiger partial charge on any atom is 0.278 e. The third-order valence-corrected chi connectivity index (χ3v) is 5.84. The van der Waals surface area contributed by atoms with Gasteiger partial charge in [0.05, 0.1) is 17.8 Å². The number of carbonyl (C=O) groups is 2. The normalized spacial score (nSPS) is 18.6. The van der Waals surface area contributed by atoms with Crippen molar-refractivity contribution in [2.24, 2.45) is 0 Å². The molecule has 0 atom stereocenters. The number of pyridine rings is 1. The zero-order valence-electron chi connectivity index (χ0n) is 16.9. The van der Waals surface area contributed by atoms with E-state index >= 15 is 0 Å². The second-order valence-corrected chi connectivity index (χ2v) is 7.75. The van der Waals surface area contributed by atoms with Gasteiger partial charge in [0.25, 0.3) is 11.8 Å². The highest BCUT2D eigenvalue weighted by Crippen LogP contribution is 2.34. The smallest absolute Gasteiger partial charge is 0.278 e. The first-order valence-corrected chi connectivity index (χ1v) is 10.0. The SMILES string of the molecule is CN1CCC(N(C)C2=C(c3ccccc3)C(=O)N(Cc3ccccn3)C2=O)CC1. The first kappa shape index (κ1) is 19.3. The lowest BCUT2D eigenvalue weighted by molar-refractivity contribution is -0.138. The third-order valence-electron chi connectivity index (χ3n) is 5.84. The average molecular weight is 390 g/mol. The number of carbonyl (C=O) groups excluding carboxylic acids is 2. The van der Waals surface area contributed by atoms with Crippen LogP contribution in [0, 0.1) is 0 Å². The van der Waals surface area contributed by atoms with E-state index in [2.05, 4.69) is 16.9 Å². The summed E-state index contributed by atoms with van der Waals surface area (Å²) in [5.74, 6) is -0.484. The zero-order chi connectivity index (χ0) is 20.4. The maximum absolute atomic E-state index is 13.4. The van der Waals surface area contributed by atoms with Crippen LogP contribution >= 0.6 is 0 Å². The molecule has 0 radical (unpaired) electrons. The van der Waals surface area contributed by atoms with Crippen molar-refractivity contribution in [3.05, 3.63) is 71.7 Å². The lowest BCUT2D eigenvalue weighted by Crippen LogP contribution is -2.43. The molecule has 2 aliphatic rings. The van der Waals surface area contributed by atoms with Crippen molar-refractivity contribution in [1.29, 1.82) is 0 Å². The van der Waals surface area contributed by atoms with Crippen LogP contribution in [0.2, 0.25) is 0 Å². The monoisotopic (exact) mass is 390 g/mol. The summed E-state index contributed by atoms with van der Waals surface area (Å²) >= 11 is 0. The number of hydrogen-bond donors (Lipinski definition) is 0. The van der Waals surface area contributed by atoms with E-state index in [-0.39, 0.29) is 24.4 Å². The van der Waals surface area contributed by atoms with Gasteiger partial charge in [-0.25, -0.2) is 0 Å². The number of aromatic nitrogens is 1. The van der Waals surface area contributed by atoms with Gasteiger partial charge < -0.3 is 9.80 Å². The quantitative estimate of drug-likeness (QED) is 0.734. The zero-order valence-corrected chi connectivity index (χ0v) is 16.9. The molecule has 0 spiro atoms. The van der Waals surface area contributed by atoms with Gasteiger partial charge in [0.2, 0.25) is 0 Å². The van der Waals surface area contributed by atoms with Crippen molar-refractivity contribution in [2.75, 3.05) is 27.2 Å². The number of likely N-dealkylation sites (N-methyl/N-ethyl adjacent to an activating group) is 1. The molecule has 150 valence electrons. The van der Waals surface area contributed by atoms with Gasteiger partial charge in [-0.1, -0.05) is 36.4 Å². The van der Waals surface area contributed by atoms with Crippen LogP contribution in [0.5, 0.6) is 0 Å². The molecule has 1 aromatic heterocycles. The van der Waals surface area contributed by atoms with E-state index in [0.717, 1.165) is 31.5 Å². The summed E-state index contributed by atoms with van der Waals surface area (Å²) in [6, 6.07) is 15.3. The molecule has 1 saturated heterocycles. The van der Waals surface area contributed by atoms with Gasteiger partial charge in [-0.3, -0.25) is 19.5 Å². The summed E-state index contributed by atoms with van der Waals surface area (Å²) in [4.78, 5) is 36.7. The largest absolute Gasteiger partial charge is 0.366 e. The Morgan fingerprint density at radius 3 is 2.34 bits per heavy atom. The summed E-state index contributed by atoms with van der Waals surface area (Å²) in [7, 11) is 4.06. The van der Waals surface area contributed by atoms with Crippen LogP contribution in [-0.2, 0) is 16.1 Å². The van der Waals surface area contributed by atoms with Crippen LogP contribution < -0.4 is 0 Å². The number of piperidine rings is 1. The summed E-state index contributed by atoms with van der Waals surface area (Å²) in [5.41, 5.74) is 2.48. The molecule has 6 nitrogen and oxygen atoms in total. The Labute approximate surface area is 171 Å². The number of hydrogen-bond acceptors (Lipinski definition) is 5. The molecule has 2 aliphatic heterocycles. The van der Waals surface area contributed by atoms with E-state index in [4.69, 9.17) is 0 Å². The van der Waals surface area contributed by atoms with Crippen molar-refractivity contribution in [2.45, 2.75) is 25.4 Å². The topological polar surface area (TPSA) is 56.8 Å². The molecule has 2 amide bonds. The van der Waals surface area contributed by atoms with E-state index in [0.29, 0.717) is 17.0 Å². The third kappa shape index (κ3) is 3.80. The van der Waals surface area contributed by atoms with E-state index in [1.165, 1.54) is 4.90 Å². The summed E-state index contributed by atoms with van der Waals surface area (Å²) in [6.07, 6.45) is 3.62. The van der Waals surface area contributed by atoms with Crippen LogP contribution in [-0.4, -0.2) is 64.7 Å². The molecular formula is C23H26N4O2. The van der Waals surface area contributed by atoms with Gasteiger partial charge in [0.15, 0.2) is 0 Å². The molecule has 4 rings (SSSR count). The number of likely N-dealkylation sites (tertiary alicyclic amines) is 1. The average Bonchev–Trinajstić information content (AvgIpc) is 3.00. The van der Waals surface area contributed by atoms with E-state index in [1.807, 2.05) is 60.5 Å². The van der Waals surface area contributed by atoms with Crippen molar-refractivity contribution in [1.82, 2.24) is 19.7 Å². The Hall–Kier alpha value is -2.99. The molecular weight excluding hydrogens is 364 g/mol. The molecule has 0 unspecified atom stereocenters. The minimum Gasteiger partial charge on any atom is -0.366 e. The van der Waals surface area contributed by atoms with Crippen LogP contribution in [0.1, 0.15) is 24.1 Å². The molecule has 29 heavy (non-hydrogen) atoms. The fourth-order valence-electron chi connectivity index (χ4n) is 4.12. The minimum atomic E-state index is -0.248. The lowest BCUT2D eigenvalue weighted by Gasteiger charge is -2.36. The number of amides is 2. The van der Waals surface area contributed by atoms with Gasteiger partial charge in [-0.2, -0.15) is 0 Å². The van der Waals surface area contributed by atoms with Crippen LogP contribution in [0.3, 0.4) is 0 Å². The highest BCUT2D eigenvalue weighted by molar-refractivity contribution is 6.35. The molecule has 3 heterocycles. The molecule has 0 N–H and O–H groups in total. The van der Waals surface area contributed by atoms with Crippen molar-refractivity contribution in [3.8, 4) is 0 Å². The van der Waals surface area contributed by atoms with Gasteiger partial charge in [0, 0.05) is 19.3 Å². The Kier molecular flexibility index (Phi) is 5.45. The first-order chi connectivity index (χ1) is 14.1. The molecule has 6 heteroatoms. The fraction of sp³-hybridized carbons (Fsp3) is 0.348. The molecule has 0 aliphatic carbocycles. The number of nitrogens with zero attached hydrogens (tertiary/aromatic N) is 4. The number of rotatable bonds is 5. The molecule has 1 fully saturated rings. The fourth-order valence-corrected chi connectivity index (χ4v) is 4.12. The summed E-state index contributed by atoms with van der Waals surface area (Å²) < 4.78 is 0. The predicted molar refractivity (Wildman–Crippen MR) is 111 cm³/mol. The van der Waals surface area contributed by atoms with E-state index < -0.39 is 0 Å².